The molecule has 0 spiro atoms. The predicted octanol–water partition coefficient (Wildman–Crippen LogP) is 4.45. The van der Waals surface area contributed by atoms with Gasteiger partial charge in [0, 0.05) is 23.6 Å². The van der Waals surface area contributed by atoms with E-state index in [-0.39, 0.29) is 12.0 Å². The van der Waals surface area contributed by atoms with E-state index in [2.05, 4.69) is 36.5 Å². The van der Waals surface area contributed by atoms with Crippen LogP contribution in [0.2, 0.25) is 0 Å². The Morgan fingerprint density at radius 1 is 1.12 bits per heavy atom. The van der Waals surface area contributed by atoms with Gasteiger partial charge in [0.2, 0.25) is 0 Å². The van der Waals surface area contributed by atoms with Crippen LogP contribution in [0.1, 0.15) is 35.3 Å². The summed E-state index contributed by atoms with van der Waals surface area (Å²) in [5, 5.41) is 2.96. The van der Waals surface area contributed by atoms with Crippen molar-refractivity contribution in [2.75, 3.05) is 12.3 Å². The third kappa shape index (κ3) is 5.93. The molecule has 0 aliphatic rings. The Hall–Kier alpha value is -1.94. The van der Waals surface area contributed by atoms with Crippen LogP contribution in [0.5, 0.6) is 5.75 Å². The van der Waals surface area contributed by atoms with Crippen LogP contribution in [-0.2, 0) is 5.75 Å². The van der Waals surface area contributed by atoms with Gasteiger partial charge < -0.3 is 10.1 Å². The molecule has 24 heavy (non-hydrogen) atoms. The molecule has 128 valence electrons. The minimum Gasteiger partial charge on any atom is -0.491 e. The molecule has 0 fully saturated rings. The van der Waals surface area contributed by atoms with Crippen LogP contribution in [0.25, 0.3) is 0 Å². The maximum absolute atomic E-state index is 12.1. The molecule has 2 rings (SSSR count). The number of ether oxygens (including phenoxy) is 1. The Balaban J connectivity index is 1.70. The second-order valence-corrected chi connectivity index (χ2v) is 7.03. The van der Waals surface area contributed by atoms with Crippen molar-refractivity contribution in [2.24, 2.45) is 0 Å². The van der Waals surface area contributed by atoms with E-state index in [0.717, 1.165) is 17.3 Å². The van der Waals surface area contributed by atoms with Crippen LogP contribution in [0, 0.1) is 6.92 Å². The van der Waals surface area contributed by atoms with Gasteiger partial charge in [-0.2, -0.15) is 11.8 Å². The maximum atomic E-state index is 12.1. The lowest BCUT2D eigenvalue weighted by molar-refractivity contribution is 0.0956. The third-order valence-corrected chi connectivity index (χ3v) is 4.55. The van der Waals surface area contributed by atoms with Gasteiger partial charge in [0.05, 0.1) is 6.10 Å². The van der Waals surface area contributed by atoms with Crippen molar-refractivity contribution in [1.29, 1.82) is 0 Å². The topological polar surface area (TPSA) is 38.3 Å². The molecule has 0 heterocycles. The van der Waals surface area contributed by atoms with Crippen molar-refractivity contribution in [3.63, 3.8) is 0 Å². The van der Waals surface area contributed by atoms with E-state index >= 15 is 0 Å². The highest BCUT2D eigenvalue weighted by atomic mass is 32.2. The second kappa shape index (κ2) is 9.38. The van der Waals surface area contributed by atoms with Gasteiger partial charge in [0.25, 0.3) is 5.91 Å². The van der Waals surface area contributed by atoms with Crippen molar-refractivity contribution in [1.82, 2.24) is 5.32 Å². The summed E-state index contributed by atoms with van der Waals surface area (Å²) in [4.78, 5) is 12.1. The number of aryl methyl sites for hydroxylation is 1. The highest BCUT2D eigenvalue weighted by Gasteiger charge is 2.06. The van der Waals surface area contributed by atoms with Crippen molar-refractivity contribution in [2.45, 2.75) is 32.6 Å². The lowest BCUT2D eigenvalue weighted by atomic mass is 10.1. The molecule has 4 heteroatoms. The molecule has 0 aliphatic carbocycles. The average molecular weight is 343 g/mol. The van der Waals surface area contributed by atoms with Gasteiger partial charge in [-0.05, 0) is 56.2 Å². The van der Waals surface area contributed by atoms with Crippen LogP contribution in [0.4, 0.5) is 0 Å². The molecule has 0 radical (unpaired) electrons. The maximum Gasteiger partial charge on any atom is 0.251 e. The predicted molar refractivity (Wildman–Crippen MR) is 102 cm³/mol. The molecule has 0 saturated carbocycles. The summed E-state index contributed by atoms with van der Waals surface area (Å²) in [5.41, 5.74) is 3.34. The first kappa shape index (κ1) is 18.4. The zero-order valence-corrected chi connectivity index (χ0v) is 15.4. The van der Waals surface area contributed by atoms with Gasteiger partial charge in [0.15, 0.2) is 0 Å². The van der Waals surface area contributed by atoms with Crippen LogP contribution >= 0.6 is 11.8 Å². The van der Waals surface area contributed by atoms with Gasteiger partial charge in [0.1, 0.15) is 5.75 Å². The Labute approximate surface area is 148 Å². The largest absolute Gasteiger partial charge is 0.491 e. The smallest absolute Gasteiger partial charge is 0.251 e. The minimum absolute atomic E-state index is 0.0393. The van der Waals surface area contributed by atoms with Gasteiger partial charge in [-0.15, -0.1) is 0 Å². The molecule has 0 aliphatic heterocycles. The van der Waals surface area contributed by atoms with E-state index in [1.807, 2.05) is 37.7 Å². The highest BCUT2D eigenvalue weighted by Crippen LogP contribution is 2.16. The normalized spacial score (nSPS) is 10.7. The number of thioether (sulfide) groups is 1. The van der Waals surface area contributed by atoms with E-state index in [1.165, 1.54) is 11.1 Å². The van der Waals surface area contributed by atoms with Crippen molar-refractivity contribution >= 4 is 17.7 Å². The molecular formula is C20H25NO2S. The van der Waals surface area contributed by atoms with Gasteiger partial charge >= 0.3 is 0 Å². The first-order chi connectivity index (χ1) is 11.6. The molecule has 0 saturated heterocycles. The average Bonchev–Trinajstić information content (AvgIpc) is 2.56. The number of carbonyl (C=O) groups is 1. The fraction of sp³-hybridized carbons (Fsp3) is 0.350. The van der Waals surface area contributed by atoms with Crippen molar-refractivity contribution < 1.29 is 9.53 Å². The summed E-state index contributed by atoms with van der Waals surface area (Å²) in [6.07, 6.45) is 0.134. The van der Waals surface area contributed by atoms with Crippen molar-refractivity contribution in [3.05, 3.63) is 65.2 Å². The molecule has 2 aromatic carbocycles. The minimum atomic E-state index is -0.0393. The molecule has 0 atom stereocenters. The first-order valence-corrected chi connectivity index (χ1v) is 9.39. The molecule has 3 nitrogen and oxygen atoms in total. The second-order valence-electron chi connectivity index (χ2n) is 5.93. The molecule has 1 N–H and O–H groups in total. The van der Waals surface area contributed by atoms with Crippen LogP contribution in [-0.4, -0.2) is 24.3 Å². The fourth-order valence-electron chi connectivity index (χ4n) is 2.25. The van der Waals surface area contributed by atoms with E-state index in [4.69, 9.17) is 4.74 Å². The van der Waals surface area contributed by atoms with Crippen LogP contribution in [0.15, 0.2) is 48.5 Å². The van der Waals surface area contributed by atoms with Gasteiger partial charge in [-0.1, -0.05) is 24.3 Å². The number of nitrogens with one attached hydrogen (secondary N) is 1. The summed E-state index contributed by atoms with van der Waals surface area (Å²) in [6, 6.07) is 15.7. The molecule has 0 aromatic heterocycles. The highest BCUT2D eigenvalue weighted by molar-refractivity contribution is 7.98. The lowest BCUT2D eigenvalue weighted by Gasteiger charge is -2.10. The fourth-order valence-corrected chi connectivity index (χ4v) is 3.18. The van der Waals surface area contributed by atoms with Crippen LogP contribution in [0.3, 0.4) is 0 Å². The number of amides is 1. The summed E-state index contributed by atoms with van der Waals surface area (Å²) in [6.45, 7) is 6.76. The Morgan fingerprint density at radius 3 is 2.50 bits per heavy atom. The molecule has 1 amide bonds. The van der Waals surface area contributed by atoms with Crippen LogP contribution < -0.4 is 10.1 Å². The zero-order chi connectivity index (χ0) is 17.4. The Kier molecular flexibility index (Phi) is 7.19. The quantitative estimate of drug-likeness (QED) is 0.720. The number of hydrogen-bond acceptors (Lipinski definition) is 3. The summed E-state index contributed by atoms with van der Waals surface area (Å²) in [5.74, 6) is 2.62. The molecular weight excluding hydrogens is 318 g/mol. The SMILES string of the molecule is Cc1ccccc1CSCCNC(=O)c1ccc(OC(C)C)cc1. The van der Waals surface area contributed by atoms with E-state index in [1.54, 1.807) is 12.1 Å². The zero-order valence-electron chi connectivity index (χ0n) is 14.5. The Morgan fingerprint density at radius 2 is 1.83 bits per heavy atom. The van der Waals surface area contributed by atoms with Crippen molar-refractivity contribution in [3.8, 4) is 5.75 Å². The summed E-state index contributed by atoms with van der Waals surface area (Å²) in [7, 11) is 0. The van der Waals surface area contributed by atoms with E-state index < -0.39 is 0 Å². The molecule has 0 unspecified atom stereocenters. The Bertz CT molecular complexity index is 653. The monoisotopic (exact) mass is 343 g/mol. The van der Waals surface area contributed by atoms with Gasteiger partial charge in [-0.3, -0.25) is 4.79 Å². The standard InChI is InChI=1S/C20H25NO2S/c1-15(2)23-19-10-8-17(9-11-19)20(22)21-12-13-24-14-18-7-5-4-6-16(18)3/h4-11,15H,12-14H2,1-3H3,(H,21,22). The molecule has 2 aromatic rings. The molecule has 0 bridgehead atoms. The number of rotatable bonds is 8. The third-order valence-electron chi connectivity index (χ3n) is 3.54. The summed E-state index contributed by atoms with van der Waals surface area (Å²) >= 11 is 1.83. The number of carbonyl (C=O) groups excluding carboxylic acids is 1. The van der Waals surface area contributed by atoms with E-state index in [9.17, 15) is 4.79 Å². The number of benzene rings is 2. The number of hydrogen-bond donors (Lipinski definition) is 1. The first-order valence-electron chi connectivity index (χ1n) is 8.23. The lowest BCUT2D eigenvalue weighted by Crippen LogP contribution is -2.25. The van der Waals surface area contributed by atoms with Gasteiger partial charge in [-0.25, -0.2) is 0 Å². The van der Waals surface area contributed by atoms with E-state index in [0.29, 0.717) is 12.1 Å². The summed E-state index contributed by atoms with van der Waals surface area (Å²) < 4.78 is 5.58.